The highest BCUT2D eigenvalue weighted by Crippen LogP contribution is 2.48. The van der Waals surface area contributed by atoms with E-state index in [9.17, 15) is 9.59 Å². The van der Waals surface area contributed by atoms with Gasteiger partial charge < -0.3 is 4.90 Å². The minimum absolute atomic E-state index is 0.0490. The molecule has 0 N–H and O–H groups in total. The number of ketones is 1. The van der Waals surface area contributed by atoms with Crippen molar-refractivity contribution in [2.45, 2.75) is 36.1 Å². The topological polar surface area (TPSA) is 40.6 Å². The Bertz CT molecular complexity index is 806. The van der Waals surface area contributed by atoms with E-state index in [2.05, 4.69) is 0 Å². The SMILES string of the molecule is C[C@@H]1CN(C(=O)N2c3ccccc3Sc3ccccc32)[C@H](C)CC1=O. The molecule has 2 aromatic rings. The molecule has 2 aliphatic heterocycles. The first-order valence-corrected chi connectivity index (χ1v) is 9.37. The number of hydrogen-bond acceptors (Lipinski definition) is 3. The van der Waals surface area contributed by atoms with Crippen LogP contribution in [0.3, 0.4) is 0 Å². The molecule has 0 aliphatic carbocycles. The van der Waals surface area contributed by atoms with Gasteiger partial charge in [0.25, 0.3) is 0 Å². The maximum Gasteiger partial charge on any atom is 0.329 e. The lowest BCUT2D eigenvalue weighted by atomic mass is 9.94. The molecule has 0 bridgehead atoms. The summed E-state index contributed by atoms with van der Waals surface area (Å²) in [5.74, 6) is 0.136. The summed E-state index contributed by atoms with van der Waals surface area (Å²) in [6, 6.07) is 15.8. The van der Waals surface area contributed by atoms with E-state index in [-0.39, 0.29) is 23.8 Å². The standard InChI is InChI=1S/C20H20N2O2S/c1-13-12-21(14(2)11-17(13)23)20(24)22-15-7-3-5-9-18(15)25-19-10-6-4-8-16(19)22/h3-10,13-14H,11-12H2,1-2H3/t13-,14-/m1/s1. The predicted molar refractivity (Wildman–Crippen MR) is 99.5 cm³/mol. The van der Waals surface area contributed by atoms with E-state index >= 15 is 0 Å². The average molecular weight is 352 g/mol. The Hall–Kier alpha value is -2.27. The summed E-state index contributed by atoms with van der Waals surface area (Å²) in [5, 5.41) is 0. The highest BCUT2D eigenvalue weighted by molar-refractivity contribution is 7.99. The quantitative estimate of drug-likeness (QED) is 0.689. The second-order valence-electron chi connectivity index (χ2n) is 6.73. The number of nitrogens with zero attached hydrogens (tertiary/aromatic N) is 2. The molecule has 2 aliphatic rings. The van der Waals surface area contributed by atoms with Crippen LogP contribution in [0.4, 0.5) is 16.2 Å². The Morgan fingerprint density at radius 3 is 2.16 bits per heavy atom. The third kappa shape index (κ3) is 2.72. The van der Waals surface area contributed by atoms with Crippen molar-refractivity contribution in [2.75, 3.05) is 11.4 Å². The molecule has 0 saturated carbocycles. The van der Waals surface area contributed by atoms with E-state index in [0.717, 1.165) is 21.2 Å². The second kappa shape index (κ2) is 6.23. The highest BCUT2D eigenvalue weighted by Gasteiger charge is 2.37. The smallest absolute Gasteiger partial charge is 0.320 e. The van der Waals surface area contributed by atoms with Crippen LogP contribution >= 0.6 is 11.8 Å². The molecule has 4 nitrogen and oxygen atoms in total. The van der Waals surface area contributed by atoms with Crippen LogP contribution in [0.2, 0.25) is 0 Å². The van der Waals surface area contributed by atoms with Crippen LogP contribution in [0.1, 0.15) is 20.3 Å². The summed E-state index contributed by atoms with van der Waals surface area (Å²) in [6.07, 6.45) is 0.429. The number of anilines is 2. The minimum Gasteiger partial charge on any atom is -0.320 e. The first kappa shape index (κ1) is 16.2. The van der Waals surface area contributed by atoms with Gasteiger partial charge in [0.05, 0.1) is 11.4 Å². The number of rotatable bonds is 0. The maximum atomic E-state index is 13.5. The molecule has 1 fully saturated rings. The van der Waals surface area contributed by atoms with Crippen LogP contribution in [-0.4, -0.2) is 29.3 Å². The zero-order valence-corrected chi connectivity index (χ0v) is 15.1. The van der Waals surface area contributed by atoms with Crippen molar-refractivity contribution in [2.24, 2.45) is 5.92 Å². The number of amides is 2. The van der Waals surface area contributed by atoms with E-state index in [1.165, 1.54) is 0 Å². The van der Waals surface area contributed by atoms with Crippen molar-refractivity contribution >= 4 is 35.0 Å². The van der Waals surface area contributed by atoms with E-state index in [1.54, 1.807) is 16.7 Å². The van der Waals surface area contributed by atoms with Crippen molar-refractivity contribution in [1.29, 1.82) is 0 Å². The van der Waals surface area contributed by atoms with Crippen molar-refractivity contribution < 1.29 is 9.59 Å². The molecule has 2 atom stereocenters. The molecule has 2 heterocycles. The Labute approximate surface area is 151 Å². The van der Waals surface area contributed by atoms with Crippen LogP contribution in [-0.2, 0) is 4.79 Å². The number of carbonyl (C=O) groups is 2. The van der Waals surface area contributed by atoms with Gasteiger partial charge in [-0.25, -0.2) is 4.79 Å². The molecular formula is C20H20N2O2S. The lowest BCUT2D eigenvalue weighted by molar-refractivity contribution is -0.126. The van der Waals surface area contributed by atoms with Gasteiger partial charge in [-0.1, -0.05) is 43.0 Å². The molecule has 2 aromatic carbocycles. The van der Waals surface area contributed by atoms with Gasteiger partial charge in [-0.3, -0.25) is 9.69 Å². The van der Waals surface area contributed by atoms with Crippen LogP contribution in [0.25, 0.3) is 0 Å². The van der Waals surface area contributed by atoms with Crippen LogP contribution in [0.15, 0.2) is 58.3 Å². The van der Waals surface area contributed by atoms with Crippen molar-refractivity contribution in [3.63, 3.8) is 0 Å². The summed E-state index contributed by atoms with van der Waals surface area (Å²) in [6.45, 7) is 4.34. The van der Waals surface area contributed by atoms with Gasteiger partial charge in [0.1, 0.15) is 5.78 Å². The number of hydrogen-bond donors (Lipinski definition) is 0. The number of benzene rings is 2. The van der Waals surface area contributed by atoms with Crippen molar-refractivity contribution in [1.82, 2.24) is 4.90 Å². The fourth-order valence-electron chi connectivity index (χ4n) is 3.49. The molecule has 0 radical (unpaired) electrons. The van der Waals surface area contributed by atoms with E-state index in [4.69, 9.17) is 0 Å². The fraction of sp³-hybridized carbons (Fsp3) is 0.300. The second-order valence-corrected chi connectivity index (χ2v) is 7.81. The van der Waals surface area contributed by atoms with Crippen molar-refractivity contribution in [3.8, 4) is 0 Å². The summed E-state index contributed by atoms with van der Waals surface area (Å²) in [7, 11) is 0. The summed E-state index contributed by atoms with van der Waals surface area (Å²) >= 11 is 1.69. The normalized spacial score (nSPS) is 22.4. The first-order chi connectivity index (χ1) is 12.1. The van der Waals surface area contributed by atoms with Gasteiger partial charge in [0.2, 0.25) is 0 Å². The van der Waals surface area contributed by atoms with Gasteiger partial charge in [0.15, 0.2) is 0 Å². The van der Waals surface area contributed by atoms with E-state index in [1.807, 2.05) is 67.3 Å². The number of fused-ring (bicyclic) bond motifs is 2. The number of piperidine rings is 1. The zero-order valence-electron chi connectivity index (χ0n) is 14.3. The highest BCUT2D eigenvalue weighted by atomic mass is 32.2. The lowest BCUT2D eigenvalue weighted by Gasteiger charge is -2.40. The monoisotopic (exact) mass is 352 g/mol. The average Bonchev–Trinajstić information content (AvgIpc) is 2.62. The third-order valence-electron chi connectivity index (χ3n) is 4.92. The largest absolute Gasteiger partial charge is 0.329 e. The molecule has 0 aromatic heterocycles. The third-order valence-corrected chi connectivity index (χ3v) is 6.05. The zero-order chi connectivity index (χ0) is 17.6. The Morgan fingerprint density at radius 2 is 1.56 bits per heavy atom. The molecule has 25 heavy (non-hydrogen) atoms. The Balaban J connectivity index is 1.77. The molecule has 128 valence electrons. The Morgan fingerprint density at radius 1 is 1.00 bits per heavy atom. The summed E-state index contributed by atoms with van der Waals surface area (Å²) < 4.78 is 0. The predicted octanol–water partition coefficient (Wildman–Crippen LogP) is 4.71. The molecule has 0 spiro atoms. The van der Waals surface area contributed by atoms with E-state index < -0.39 is 0 Å². The number of Topliss-reactive ketones (excluding diaryl/α,β-unsaturated/α-hetero) is 1. The van der Waals surface area contributed by atoms with Gasteiger partial charge in [0, 0.05) is 34.7 Å². The minimum atomic E-state index is -0.107. The van der Waals surface area contributed by atoms with Crippen LogP contribution < -0.4 is 4.90 Å². The van der Waals surface area contributed by atoms with Gasteiger partial charge in [-0.15, -0.1) is 0 Å². The van der Waals surface area contributed by atoms with Gasteiger partial charge >= 0.3 is 6.03 Å². The van der Waals surface area contributed by atoms with E-state index in [0.29, 0.717) is 13.0 Å². The number of urea groups is 1. The van der Waals surface area contributed by atoms with Crippen molar-refractivity contribution in [3.05, 3.63) is 48.5 Å². The Kier molecular flexibility index (Phi) is 4.04. The van der Waals surface area contributed by atoms with Gasteiger partial charge in [-0.05, 0) is 31.2 Å². The summed E-state index contributed by atoms with van der Waals surface area (Å²) in [5.41, 5.74) is 1.82. The summed E-state index contributed by atoms with van der Waals surface area (Å²) in [4.78, 5) is 31.3. The number of para-hydroxylation sites is 2. The first-order valence-electron chi connectivity index (χ1n) is 8.55. The molecule has 4 rings (SSSR count). The number of likely N-dealkylation sites (tertiary alicyclic amines) is 1. The van der Waals surface area contributed by atoms with Crippen LogP contribution in [0.5, 0.6) is 0 Å². The number of carbonyl (C=O) groups excluding carboxylic acids is 2. The molecular weight excluding hydrogens is 332 g/mol. The molecule has 1 saturated heterocycles. The molecule has 2 amide bonds. The van der Waals surface area contributed by atoms with Crippen LogP contribution in [0, 0.1) is 5.92 Å². The maximum absolute atomic E-state index is 13.5. The molecule has 5 heteroatoms. The lowest BCUT2D eigenvalue weighted by Crippen LogP contribution is -2.52. The van der Waals surface area contributed by atoms with Gasteiger partial charge in [-0.2, -0.15) is 0 Å². The fourth-order valence-corrected chi connectivity index (χ4v) is 4.54. The molecule has 0 unspecified atom stereocenters.